The second-order valence-corrected chi connectivity index (χ2v) is 30.3. The maximum absolute atomic E-state index is 6.48. The quantitative estimate of drug-likeness (QED) is 0.0288. The molecule has 0 spiro atoms. The molecular formula is C88H110N4O4. The SMILES string of the molecule is CC(C)CCCC(C)CCOc1ccc(-c2nc3c4cc5c6ccccc6n6c(-c7ccc(OCCC(C)CCCC(C)C)cc7)c(-c7ccc(OCCC(C)CCCC(C)C)cc7)nc6c5cc4c4ccccc4n3c2-c2ccc(OCCC(C)CCCC(C)C)cc2)cc1. The van der Waals surface area contributed by atoms with Crippen LogP contribution in [0.5, 0.6) is 23.0 Å². The standard InChI is InChI=1S/C88H110N4O4/c1-59(2)21-17-25-63(9)49-53-93-71-41-33-67(34-42-71)83-85(69-37-45-73(46-38-69)95-55-51-65(11)27-19-23-61(5)6)91-81-31-15-13-29-75(81)77-58-80-78(57-79(77)87(91)89-83)76-30-14-16-32-82(76)92-86(70-39-47-74(48-40-70)96-56-52-66(12)28-20-24-62(7)8)84(90-88(80)92)68-35-43-72(44-36-68)94-54-50-64(10)26-18-22-60(3)4/h13-16,29-48,57-66H,17-28,49-56H2,1-12H3. The monoisotopic (exact) mass is 1290 g/mol. The molecule has 96 heavy (non-hydrogen) atoms. The first-order valence-corrected chi connectivity index (χ1v) is 37.1. The molecule has 0 N–H and O–H groups in total. The molecule has 4 unspecified atom stereocenters. The largest absolute Gasteiger partial charge is 0.494 e. The third kappa shape index (κ3) is 17.3. The van der Waals surface area contributed by atoms with Gasteiger partial charge in [0, 0.05) is 43.8 Å². The van der Waals surface area contributed by atoms with E-state index < -0.39 is 0 Å². The lowest BCUT2D eigenvalue weighted by Gasteiger charge is -2.16. The number of aromatic nitrogens is 4. The fourth-order valence-electron chi connectivity index (χ4n) is 14.2. The molecule has 4 heterocycles. The zero-order valence-electron chi connectivity index (χ0n) is 60.2. The summed E-state index contributed by atoms with van der Waals surface area (Å²) in [4.78, 5) is 11.6. The van der Waals surface area contributed by atoms with Gasteiger partial charge in [-0.05, 0) is 205 Å². The molecule has 0 fully saturated rings. The molecule has 4 atom stereocenters. The third-order valence-corrected chi connectivity index (χ3v) is 20.2. The van der Waals surface area contributed by atoms with Crippen molar-refractivity contribution < 1.29 is 18.9 Å². The Morgan fingerprint density at radius 3 is 0.833 bits per heavy atom. The Morgan fingerprint density at radius 1 is 0.281 bits per heavy atom. The first-order valence-electron chi connectivity index (χ1n) is 37.1. The molecule has 11 aromatic rings. The molecule has 8 nitrogen and oxygen atoms in total. The summed E-state index contributed by atoms with van der Waals surface area (Å²) >= 11 is 0. The lowest BCUT2D eigenvalue weighted by molar-refractivity contribution is 0.275. The minimum atomic E-state index is 0.621. The number of fused-ring (bicyclic) bond motifs is 12. The Kier molecular flexibility index (Phi) is 23.8. The van der Waals surface area contributed by atoms with Gasteiger partial charge in [0.1, 0.15) is 34.3 Å². The number of benzene rings is 7. The molecular weight excluding hydrogens is 1180 g/mol. The third-order valence-electron chi connectivity index (χ3n) is 20.2. The van der Waals surface area contributed by atoms with E-state index in [-0.39, 0.29) is 0 Å². The highest BCUT2D eigenvalue weighted by Crippen LogP contribution is 2.45. The van der Waals surface area contributed by atoms with Crippen LogP contribution in [-0.4, -0.2) is 45.2 Å². The maximum Gasteiger partial charge on any atom is 0.146 e. The van der Waals surface area contributed by atoms with Crippen LogP contribution in [-0.2, 0) is 0 Å². The summed E-state index contributed by atoms with van der Waals surface area (Å²) in [5, 5.41) is 6.65. The van der Waals surface area contributed by atoms with Crippen molar-refractivity contribution in [3.8, 4) is 68.0 Å². The van der Waals surface area contributed by atoms with Crippen molar-refractivity contribution in [1.29, 1.82) is 0 Å². The normalized spacial score (nSPS) is 13.4. The van der Waals surface area contributed by atoms with Crippen LogP contribution >= 0.6 is 0 Å². The predicted octanol–water partition coefficient (Wildman–Crippen LogP) is 25.2. The number of hydrogen-bond acceptors (Lipinski definition) is 6. The maximum atomic E-state index is 6.48. The number of ether oxygens (including phenoxy) is 4. The van der Waals surface area contributed by atoms with E-state index in [1.54, 1.807) is 0 Å². The molecule has 0 aliphatic carbocycles. The molecule has 4 aromatic heterocycles. The van der Waals surface area contributed by atoms with Crippen LogP contribution in [0, 0.1) is 47.3 Å². The smallest absolute Gasteiger partial charge is 0.146 e. The summed E-state index contributed by atoms with van der Waals surface area (Å²) in [6.07, 6.45) is 19.3. The molecule has 0 bridgehead atoms. The van der Waals surface area contributed by atoms with Gasteiger partial charge in [-0.2, -0.15) is 0 Å². The topological polar surface area (TPSA) is 71.5 Å². The van der Waals surface area contributed by atoms with E-state index in [4.69, 9.17) is 28.9 Å². The highest BCUT2D eigenvalue weighted by molar-refractivity contribution is 6.23. The second kappa shape index (κ2) is 32.9. The zero-order valence-corrected chi connectivity index (χ0v) is 60.2. The van der Waals surface area contributed by atoms with E-state index in [9.17, 15) is 0 Å². The molecule has 11 rings (SSSR count). The number of para-hydroxylation sites is 2. The van der Waals surface area contributed by atoms with E-state index in [1.165, 1.54) is 77.0 Å². The van der Waals surface area contributed by atoms with Crippen LogP contribution in [0.3, 0.4) is 0 Å². The van der Waals surface area contributed by atoms with Gasteiger partial charge in [0.2, 0.25) is 0 Å². The number of pyridine rings is 2. The van der Waals surface area contributed by atoms with Gasteiger partial charge in [0.05, 0.1) is 60.2 Å². The molecule has 0 saturated heterocycles. The van der Waals surface area contributed by atoms with Gasteiger partial charge < -0.3 is 18.9 Å². The molecule has 7 aromatic carbocycles. The van der Waals surface area contributed by atoms with Crippen LogP contribution in [0.1, 0.15) is 186 Å². The van der Waals surface area contributed by atoms with Crippen molar-refractivity contribution in [1.82, 2.24) is 18.8 Å². The molecule has 0 aliphatic rings. The Bertz CT molecular complexity index is 3990. The van der Waals surface area contributed by atoms with Gasteiger partial charge in [-0.15, -0.1) is 0 Å². The highest BCUT2D eigenvalue weighted by atomic mass is 16.5. The minimum absolute atomic E-state index is 0.621. The van der Waals surface area contributed by atoms with Crippen LogP contribution in [0.15, 0.2) is 158 Å². The van der Waals surface area contributed by atoms with Gasteiger partial charge in [0.15, 0.2) is 0 Å². The fourth-order valence-corrected chi connectivity index (χ4v) is 14.2. The summed E-state index contributed by atoms with van der Waals surface area (Å²) < 4.78 is 30.7. The molecule has 506 valence electrons. The van der Waals surface area contributed by atoms with E-state index >= 15 is 0 Å². The van der Waals surface area contributed by atoms with Crippen LogP contribution in [0.4, 0.5) is 0 Å². The summed E-state index contributed by atoms with van der Waals surface area (Å²) in [7, 11) is 0. The van der Waals surface area contributed by atoms with Crippen LogP contribution in [0.2, 0.25) is 0 Å². The summed E-state index contributed by atoms with van der Waals surface area (Å²) in [5.74, 6) is 8.97. The van der Waals surface area contributed by atoms with E-state index in [1.807, 2.05) is 0 Å². The fraction of sp³-hybridized carbons (Fsp3) is 0.455. The van der Waals surface area contributed by atoms with E-state index in [0.29, 0.717) is 50.1 Å². The van der Waals surface area contributed by atoms with E-state index in [2.05, 4.69) is 250 Å². The van der Waals surface area contributed by atoms with Gasteiger partial charge in [-0.1, -0.05) is 197 Å². The van der Waals surface area contributed by atoms with Crippen molar-refractivity contribution in [2.45, 2.75) is 186 Å². The summed E-state index contributed by atoms with van der Waals surface area (Å²) in [6.45, 7) is 30.8. The highest BCUT2D eigenvalue weighted by Gasteiger charge is 2.26. The van der Waals surface area contributed by atoms with Gasteiger partial charge in [-0.3, -0.25) is 8.80 Å². The Morgan fingerprint density at radius 2 is 0.552 bits per heavy atom. The Labute approximate surface area is 574 Å². The van der Waals surface area contributed by atoms with Crippen LogP contribution < -0.4 is 18.9 Å². The van der Waals surface area contributed by atoms with Crippen LogP contribution in [0.25, 0.3) is 99.7 Å². The number of imidazole rings is 2. The average molecular weight is 1290 g/mol. The van der Waals surface area contributed by atoms with Crippen molar-refractivity contribution in [3.05, 3.63) is 158 Å². The van der Waals surface area contributed by atoms with Gasteiger partial charge in [0.25, 0.3) is 0 Å². The lowest BCUT2D eigenvalue weighted by atomic mass is 9.98. The first kappa shape index (κ1) is 69.5. The van der Waals surface area contributed by atoms with Gasteiger partial charge >= 0.3 is 0 Å². The number of rotatable bonds is 36. The van der Waals surface area contributed by atoms with Crippen molar-refractivity contribution in [3.63, 3.8) is 0 Å². The Balaban J connectivity index is 1.02. The first-order chi connectivity index (χ1) is 46.6. The summed E-state index contributed by atoms with van der Waals surface area (Å²) in [6, 6.07) is 57.3. The van der Waals surface area contributed by atoms with Crippen molar-refractivity contribution in [2.24, 2.45) is 47.3 Å². The Hall–Kier alpha value is -7.84. The molecule has 0 radical (unpaired) electrons. The van der Waals surface area contributed by atoms with Crippen molar-refractivity contribution >= 4 is 54.6 Å². The number of hydrogen-bond donors (Lipinski definition) is 0. The zero-order chi connectivity index (χ0) is 67.2. The lowest BCUT2D eigenvalue weighted by Crippen LogP contribution is -2.05. The number of nitrogens with zero attached hydrogens (tertiary/aromatic N) is 4. The average Bonchev–Trinajstić information content (AvgIpc) is 1.44. The van der Waals surface area contributed by atoms with Gasteiger partial charge in [-0.25, -0.2) is 9.97 Å². The van der Waals surface area contributed by atoms with E-state index in [0.717, 1.165) is 172 Å². The summed E-state index contributed by atoms with van der Waals surface area (Å²) in [5.41, 5.74) is 12.0. The molecule has 0 saturated carbocycles. The van der Waals surface area contributed by atoms with Crippen molar-refractivity contribution in [2.75, 3.05) is 26.4 Å². The second-order valence-electron chi connectivity index (χ2n) is 30.3. The molecule has 8 heteroatoms. The molecule has 0 amide bonds. The predicted molar refractivity (Wildman–Crippen MR) is 408 cm³/mol. The molecule has 0 aliphatic heterocycles. The minimum Gasteiger partial charge on any atom is -0.494 e.